The van der Waals surface area contributed by atoms with E-state index in [2.05, 4.69) is 24.3 Å². The Morgan fingerprint density at radius 1 is 0.816 bits per heavy atom. The maximum Gasteiger partial charge on any atom is 0.339 e. The van der Waals surface area contributed by atoms with E-state index in [0.29, 0.717) is 45.0 Å². The SMILES string of the molecule is Cc1cc(C(=O)COC(=O)c2cc(-c3ccc(C4CCCCC4)cc3)nc3ccccc23)c(C)n1-c1c(C)n(C)n(-c2ccccc2)c1=O. The van der Waals surface area contributed by atoms with Crippen molar-refractivity contribution in [2.75, 3.05) is 6.61 Å². The number of aryl methyl sites for hydroxylation is 1. The number of hydrogen-bond donors (Lipinski definition) is 0. The molecule has 0 unspecified atom stereocenters. The van der Waals surface area contributed by atoms with Gasteiger partial charge in [0.05, 0.1) is 28.2 Å². The molecule has 7 rings (SSSR count). The molecular weight excluding hydrogens is 612 g/mol. The number of fused-ring (bicyclic) bond motifs is 1. The molecule has 3 aromatic heterocycles. The highest BCUT2D eigenvalue weighted by Crippen LogP contribution is 2.34. The van der Waals surface area contributed by atoms with Gasteiger partial charge in [0, 0.05) is 34.9 Å². The first-order valence-corrected chi connectivity index (χ1v) is 17.0. The standard InChI is InChI=1S/C41H40N4O4/c1-26-23-34(27(2)44(26)39-28(3)43(4)45(40(39)47)32-15-9-6-10-16-32)38(46)25-49-41(48)35-24-37(42-36-18-12-11-17-33(35)36)31-21-19-30(20-22-31)29-13-7-5-8-14-29/h6,9-12,15-24,29H,5,7-8,13-14,25H2,1-4H3. The van der Waals surface area contributed by atoms with Crippen molar-refractivity contribution in [3.63, 3.8) is 0 Å². The molecule has 1 aliphatic carbocycles. The Bertz CT molecular complexity index is 2250. The van der Waals surface area contributed by atoms with Crippen LogP contribution in [0.5, 0.6) is 0 Å². The van der Waals surface area contributed by atoms with Crippen molar-refractivity contribution in [1.29, 1.82) is 0 Å². The van der Waals surface area contributed by atoms with E-state index >= 15 is 0 Å². The highest BCUT2D eigenvalue weighted by molar-refractivity contribution is 6.06. The van der Waals surface area contributed by atoms with Gasteiger partial charge in [-0.3, -0.25) is 14.3 Å². The minimum absolute atomic E-state index is 0.192. The number of aromatic nitrogens is 4. The second kappa shape index (κ2) is 13.2. The van der Waals surface area contributed by atoms with Gasteiger partial charge in [0.15, 0.2) is 6.61 Å². The Kier molecular flexibility index (Phi) is 8.63. The average molecular weight is 653 g/mol. The van der Waals surface area contributed by atoms with E-state index in [1.807, 2.05) is 91.7 Å². The smallest absolute Gasteiger partial charge is 0.339 e. The quantitative estimate of drug-likeness (QED) is 0.122. The summed E-state index contributed by atoms with van der Waals surface area (Å²) in [6.45, 7) is 5.12. The molecule has 1 aliphatic rings. The normalized spacial score (nSPS) is 13.6. The zero-order valence-electron chi connectivity index (χ0n) is 28.4. The van der Waals surface area contributed by atoms with E-state index in [-0.39, 0.29) is 11.3 Å². The maximum atomic E-state index is 13.8. The Morgan fingerprint density at radius 2 is 1.51 bits per heavy atom. The summed E-state index contributed by atoms with van der Waals surface area (Å²) in [7, 11) is 1.84. The molecule has 0 atom stereocenters. The summed E-state index contributed by atoms with van der Waals surface area (Å²) < 4.78 is 10.9. The van der Waals surface area contributed by atoms with Crippen LogP contribution in [0.1, 0.15) is 81.4 Å². The molecular formula is C41H40N4O4. The molecule has 0 aliphatic heterocycles. The molecule has 1 fully saturated rings. The number of rotatable bonds is 8. The molecule has 3 heterocycles. The number of ether oxygens (including phenoxy) is 1. The van der Waals surface area contributed by atoms with Crippen LogP contribution in [0.3, 0.4) is 0 Å². The second-order valence-corrected chi connectivity index (χ2v) is 13.1. The first kappa shape index (κ1) is 32.1. The molecule has 8 heteroatoms. The Balaban J connectivity index is 1.14. The average Bonchev–Trinajstić information content (AvgIpc) is 3.55. The minimum atomic E-state index is -0.592. The van der Waals surface area contributed by atoms with E-state index in [1.165, 1.54) is 37.7 Å². The van der Waals surface area contributed by atoms with Crippen molar-refractivity contribution < 1.29 is 14.3 Å². The lowest BCUT2D eigenvalue weighted by Crippen LogP contribution is -2.22. The zero-order valence-corrected chi connectivity index (χ0v) is 28.4. The predicted molar refractivity (Wildman–Crippen MR) is 192 cm³/mol. The lowest BCUT2D eigenvalue weighted by molar-refractivity contribution is 0.0476. The van der Waals surface area contributed by atoms with Crippen molar-refractivity contribution in [1.82, 2.24) is 18.9 Å². The van der Waals surface area contributed by atoms with E-state index in [4.69, 9.17) is 9.72 Å². The van der Waals surface area contributed by atoms with Crippen LogP contribution < -0.4 is 5.56 Å². The molecule has 49 heavy (non-hydrogen) atoms. The number of nitrogens with zero attached hydrogens (tertiary/aromatic N) is 4. The van der Waals surface area contributed by atoms with Gasteiger partial charge in [0.1, 0.15) is 5.69 Å². The summed E-state index contributed by atoms with van der Waals surface area (Å²) in [5, 5.41) is 0.662. The Morgan fingerprint density at radius 3 is 2.24 bits per heavy atom. The van der Waals surface area contributed by atoms with Gasteiger partial charge in [-0.25, -0.2) is 14.5 Å². The molecule has 0 bridgehead atoms. The van der Waals surface area contributed by atoms with Crippen molar-refractivity contribution in [3.8, 4) is 22.6 Å². The van der Waals surface area contributed by atoms with Crippen molar-refractivity contribution in [2.45, 2.75) is 58.8 Å². The molecule has 1 saturated carbocycles. The molecule has 6 aromatic rings. The van der Waals surface area contributed by atoms with Crippen LogP contribution >= 0.6 is 0 Å². The van der Waals surface area contributed by atoms with Crippen molar-refractivity contribution >= 4 is 22.7 Å². The highest BCUT2D eigenvalue weighted by atomic mass is 16.5. The number of para-hydroxylation sites is 2. The third-order valence-corrected chi connectivity index (χ3v) is 10.0. The topological polar surface area (TPSA) is 88.1 Å². The lowest BCUT2D eigenvalue weighted by atomic mass is 9.84. The van der Waals surface area contributed by atoms with E-state index in [9.17, 15) is 14.4 Å². The van der Waals surface area contributed by atoms with Crippen LogP contribution in [-0.4, -0.2) is 37.3 Å². The highest BCUT2D eigenvalue weighted by Gasteiger charge is 2.25. The van der Waals surface area contributed by atoms with Crippen LogP contribution in [0.4, 0.5) is 0 Å². The minimum Gasteiger partial charge on any atom is -0.454 e. The number of pyridine rings is 1. The van der Waals surface area contributed by atoms with Gasteiger partial charge < -0.3 is 9.30 Å². The summed E-state index contributed by atoms with van der Waals surface area (Å²) >= 11 is 0. The molecule has 0 saturated heterocycles. The van der Waals surface area contributed by atoms with Crippen LogP contribution in [0.2, 0.25) is 0 Å². The van der Waals surface area contributed by atoms with E-state index in [0.717, 1.165) is 22.6 Å². The van der Waals surface area contributed by atoms with E-state index < -0.39 is 12.6 Å². The fourth-order valence-electron chi connectivity index (χ4n) is 7.34. The summed E-state index contributed by atoms with van der Waals surface area (Å²) in [4.78, 5) is 45.8. The first-order chi connectivity index (χ1) is 23.7. The molecule has 3 aromatic carbocycles. The summed E-state index contributed by atoms with van der Waals surface area (Å²) in [5.41, 5.74) is 7.51. The number of hydrogen-bond acceptors (Lipinski definition) is 5. The largest absolute Gasteiger partial charge is 0.454 e. The summed E-state index contributed by atoms with van der Waals surface area (Å²) in [5.74, 6) is -0.337. The number of carbonyl (C=O) groups excluding carboxylic acids is 2. The van der Waals surface area contributed by atoms with Crippen LogP contribution in [-0.2, 0) is 11.8 Å². The number of ketones is 1. The number of carbonyl (C=O) groups is 2. The van der Waals surface area contributed by atoms with Gasteiger partial charge in [-0.1, -0.05) is 79.9 Å². The van der Waals surface area contributed by atoms with Gasteiger partial charge in [0.2, 0.25) is 5.78 Å². The maximum absolute atomic E-state index is 13.8. The lowest BCUT2D eigenvalue weighted by Gasteiger charge is -2.22. The van der Waals surface area contributed by atoms with Gasteiger partial charge >= 0.3 is 5.97 Å². The third kappa shape index (κ3) is 5.92. The van der Waals surface area contributed by atoms with Crippen molar-refractivity contribution in [2.24, 2.45) is 7.05 Å². The van der Waals surface area contributed by atoms with Gasteiger partial charge in [0.25, 0.3) is 5.56 Å². The molecule has 0 amide bonds. The number of Topliss-reactive ketones (excluding diaryl/α,β-unsaturated/α-hetero) is 1. The van der Waals surface area contributed by atoms with Crippen LogP contribution in [0.25, 0.3) is 33.5 Å². The van der Waals surface area contributed by atoms with E-state index in [1.54, 1.807) is 16.8 Å². The first-order valence-electron chi connectivity index (χ1n) is 17.0. The molecule has 0 spiro atoms. The Labute approximate surface area is 285 Å². The fourth-order valence-corrected chi connectivity index (χ4v) is 7.34. The fraction of sp³-hybridized carbons (Fsp3) is 0.268. The second-order valence-electron chi connectivity index (χ2n) is 13.1. The number of esters is 1. The molecule has 0 radical (unpaired) electrons. The molecule has 248 valence electrons. The number of benzene rings is 3. The van der Waals surface area contributed by atoms with Gasteiger partial charge in [-0.15, -0.1) is 0 Å². The zero-order chi connectivity index (χ0) is 34.2. The molecule has 0 N–H and O–H groups in total. The third-order valence-electron chi connectivity index (χ3n) is 10.0. The Hall–Kier alpha value is -5.50. The monoisotopic (exact) mass is 652 g/mol. The molecule has 8 nitrogen and oxygen atoms in total. The van der Waals surface area contributed by atoms with Crippen molar-refractivity contribution in [3.05, 3.63) is 135 Å². The summed E-state index contributed by atoms with van der Waals surface area (Å²) in [6.07, 6.45) is 6.33. The summed E-state index contributed by atoms with van der Waals surface area (Å²) in [6, 6.07) is 29.0. The van der Waals surface area contributed by atoms with Crippen LogP contribution in [0, 0.1) is 20.8 Å². The van der Waals surface area contributed by atoms with Crippen LogP contribution in [0.15, 0.2) is 95.8 Å². The van der Waals surface area contributed by atoms with Gasteiger partial charge in [-0.05, 0) is 75.4 Å². The predicted octanol–water partition coefficient (Wildman–Crippen LogP) is 8.19. The van der Waals surface area contributed by atoms with Gasteiger partial charge in [-0.2, -0.15) is 0 Å².